The van der Waals surface area contributed by atoms with Gasteiger partial charge in [0.25, 0.3) is 0 Å². The van der Waals surface area contributed by atoms with Crippen molar-refractivity contribution in [3.63, 3.8) is 0 Å². The molecule has 0 spiro atoms. The third-order valence-corrected chi connectivity index (χ3v) is 9.92. The van der Waals surface area contributed by atoms with E-state index in [0.29, 0.717) is 134 Å². The van der Waals surface area contributed by atoms with Crippen LogP contribution in [-0.4, -0.2) is 151 Å². The van der Waals surface area contributed by atoms with Crippen LogP contribution in [0.4, 0.5) is 23.3 Å². The number of aromatic nitrogens is 4. The maximum absolute atomic E-state index is 7.00. The van der Waals surface area contributed by atoms with Gasteiger partial charge in [-0.3, -0.25) is 19.9 Å². The molecule has 21 nitrogen and oxygen atoms in total. The van der Waals surface area contributed by atoms with Crippen LogP contribution in [0.1, 0.15) is 22.3 Å². The average molecular weight is 1040 g/mol. The number of amidine groups is 4. The normalized spacial score (nSPS) is 14.1. The zero-order chi connectivity index (χ0) is 50.9. The molecule has 0 fully saturated rings. The van der Waals surface area contributed by atoms with Crippen molar-refractivity contribution in [1.82, 2.24) is 19.9 Å². The van der Waals surface area contributed by atoms with Crippen molar-refractivity contribution in [2.24, 2.45) is 20.0 Å². The number of fused-ring (bicyclic) bond motifs is 2. The molecule has 383 valence electrons. The molecule has 2 aromatic carbocycles. The molecule has 4 aromatic heterocycles. The van der Waals surface area contributed by atoms with Gasteiger partial charge in [-0.25, -0.2) is 0 Å². The molecule has 73 heavy (non-hydrogen) atoms. The first-order chi connectivity index (χ1) is 35.4. The standard InChI is InChI=1S/2C25H26N5O5.CH4O.Mn/c2*1-31-10-11-34-12-13-35-19-4-5-20-21(14-19)25(29-23-16-18(33-3)7-9-27-23)30-24(20)28-22-15-17(32-2)6-8-26-22;1-2;/h2*4-9,14-16H,10-13H2,1-3H3;2H,1H3;/q2*-1;;+2. The van der Waals surface area contributed by atoms with Crippen molar-refractivity contribution >= 4 is 46.6 Å². The zero-order valence-corrected chi connectivity index (χ0v) is 42.6. The summed E-state index contributed by atoms with van der Waals surface area (Å²) < 4.78 is 53.7. The van der Waals surface area contributed by atoms with E-state index in [9.17, 15) is 0 Å². The first kappa shape index (κ1) is 56.4. The predicted octanol–water partition coefficient (Wildman–Crippen LogP) is 7.77. The molecule has 0 amide bonds. The Morgan fingerprint density at radius 2 is 0.671 bits per heavy atom. The Kier molecular flexibility index (Phi) is 23.4. The van der Waals surface area contributed by atoms with Crippen LogP contribution in [0.3, 0.4) is 0 Å². The van der Waals surface area contributed by atoms with Gasteiger partial charge in [0.05, 0.1) is 91.4 Å². The minimum absolute atomic E-state index is 0. The van der Waals surface area contributed by atoms with Gasteiger partial charge in [-0.05, 0) is 82.9 Å². The summed E-state index contributed by atoms with van der Waals surface area (Å²) in [5, 5.41) is 16.3. The van der Waals surface area contributed by atoms with Crippen LogP contribution in [0.5, 0.6) is 34.5 Å². The third-order valence-electron chi connectivity index (χ3n) is 9.92. The Bertz CT molecular complexity index is 2630. The summed E-state index contributed by atoms with van der Waals surface area (Å²) in [6, 6.07) is 25.3. The van der Waals surface area contributed by atoms with Crippen molar-refractivity contribution in [3.8, 4) is 34.5 Å². The number of aliphatic imine (C=N–C) groups is 4. The van der Waals surface area contributed by atoms with E-state index in [-0.39, 0.29) is 17.1 Å². The number of rotatable bonds is 22. The summed E-state index contributed by atoms with van der Waals surface area (Å²) in [4.78, 5) is 35.8. The summed E-state index contributed by atoms with van der Waals surface area (Å²) in [6.07, 6.45) is 6.53. The predicted molar refractivity (Wildman–Crippen MR) is 272 cm³/mol. The summed E-state index contributed by atoms with van der Waals surface area (Å²) in [6.45, 7) is 3.83. The molecule has 0 saturated carbocycles. The number of benzene rings is 2. The zero-order valence-electron chi connectivity index (χ0n) is 41.4. The molecule has 6 heterocycles. The number of hydrogen-bond acceptors (Lipinski definition) is 19. The molecule has 0 unspecified atom stereocenters. The fraction of sp³-hybridized carbons (Fsp3) is 0.294. The Morgan fingerprint density at radius 3 is 0.973 bits per heavy atom. The van der Waals surface area contributed by atoms with E-state index >= 15 is 0 Å². The number of aliphatic hydroxyl groups is 1. The smallest absolute Gasteiger partial charge is 0.497 e. The molecule has 6 aromatic rings. The van der Waals surface area contributed by atoms with Crippen molar-refractivity contribution in [1.29, 1.82) is 0 Å². The van der Waals surface area contributed by atoms with Crippen LogP contribution in [-0.2, 0) is 36.0 Å². The maximum atomic E-state index is 7.00. The van der Waals surface area contributed by atoms with Crippen LogP contribution in [0.2, 0.25) is 0 Å². The summed E-state index contributed by atoms with van der Waals surface area (Å²) in [5.41, 5.74) is 3.16. The van der Waals surface area contributed by atoms with Gasteiger partial charge in [-0.2, -0.15) is 0 Å². The Hall–Kier alpha value is -7.56. The minimum Gasteiger partial charge on any atom is -0.497 e. The Labute approximate surface area is 434 Å². The van der Waals surface area contributed by atoms with Gasteiger partial charge in [0.2, 0.25) is 0 Å². The summed E-state index contributed by atoms with van der Waals surface area (Å²) >= 11 is 0. The Morgan fingerprint density at radius 1 is 0.370 bits per heavy atom. The van der Waals surface area contributed by atoms with E-state index in [4.69, 9.17) is 52.5 Å². The molecule has 1 N–H and O–H groups in total. The molecule has 2 aliphatic heterocycles. The molecule has 8 rings (SSSR count). The van der Waals surface area contributed by atoms with Crippen molar-refractivity contribution < 1.29 is 69.5 Å². The number of hydrogen-bond donors (Lipinski definition) is 1. The molecule has 0 atom stereocenters. The van der Waals surface area contributed by atoms with Gasteiger partial charge in [0.15, 0.2) is 0 Å². The van der Waals surface area contributed by atoms with Crippen molar-refractivity contribution in [2.45, 2.75) is 0 Å². The number of nitrogens with zero attached hydrogens (tertiary/aromatic N) is 10. The largest absolute Gasteiger partial charge is 2.00 e. The third kappa shape index (κ3) is 16.8. The average Bonchev–Trinajstić information content (AvgIpc) is 3.93. The molecule has 0 aliphatic carbocycles. The molecular weight excluding hydrogens is 984 g/mol. The van der Waals surface area contributed by atoms with Gasteiger partial charge >= 0.3 is 17.1 Å². The second-order valence-electron chi connectivity index (χ2n) is 14.5. The maximum Gasteiger partial charge on any atom is 2.00 e. The Balaban J connectivity index is 0.000000258. The number of methoxy groups -OCH3 is 6. The number of pyridine rings is 4. The van der Waals surface area contributed by atoms with Crippen LogP contribution in [0.15, 0.2) is 130 Å². The molecule has 0 saturated heterocycles. The quantitative estimate of drug-likeness (QED) is 0.0504. The van der Waals surface area contributed by atoms with E-state index in [2.05, 4.69) is 50.5 Å². The second kappa shape index (κ2) is 30.3. The molecule has 22 heteroatoms. The number of ether oxygens (including phenoxy) is 10. The van der Waals surface area contributed by atoms with E-state index in [1.807, 2.05) is 36.4 Å². The van der Waals surface area contributed by atoms with Gasteiger partial charge in [-0.15, -0.1) is 0 Å². The van der Waals surface area contributed by atoms with Gasteiger partial charge in [0.1, 0.15) is 47.7 Å². The molecule has 2 aliphatic rings. The van der Waals surface area contributed by atoms with E-state index in [0.717, 1.165) is 29.4 Å². The van der Waals surface area contributed by atoms with Crippen molar-refractivity contribution in [3.05, 3.63) is 143 Å². The van der Waals surface area contributed by atoms with Crippen LogP contribution < -0.4 is 28.4 Å². The second-order valence-corrected chi connectivity index (χ2v) is 14.5. The van der Waals surface area contributed by atoms with Gasteiger partial charge in [-0.1, -0.05) is 0 Å². The number of aliphatic hydroxyl groups excluding tert-OH is 1. The fourth-order valence-electron chi connectivity index (χ4n) is 6.48. The summed E-state index contributed by atoms with van der Waals surface area (Å²) in [5.74, 6) is 7.72. The van der Waals surface area contributed by atoms with Crippen LogP contribution in [0.25, 0.3) is 10.6 Å². The minimum atomic E-state index is 0. The first-order valence-corrected chi connectivity index (χ1v) is 22.3. The molecule has 1 radical (unpaired) electrons. The monoisotopic (exact) mass is 1040 g/mol. The van der Waals surface area contributed by atoms with Crippen LogP contribution >= 0.6 is 0 Å². The van der Waals surface area contributed by atoms with Gasteiger partial charge in [0, 0.05) is 93.7 Å². The van der Waals surface area contributed by atoms with Crippen LogP contribution in [0, 0.1) is 0 Å². The first-order valence-electron chi connectivity index (χ1n) is 22.3. The van der Waals surface area contributed by atoms with E-state index in [1.54, 1.807) is 116 Å². The van der Waals surface area contributed by atoms with E-state index < -0.39 is 0 Å². The summed E-state index contributed by atoms with van der Waals surface area (Å²) in [7, 11) is 10.6. The van der Waals surface area contributed by atoms with Gasteiger partial charge < -0.3 is 83.1 Å². The SMILES string of the molecule is CO.COCCOCCOc1ccc2c(c1)C(=Nc1cc(OC)ccn1)[N-]C2=Nc1cc(OC)ccn1.COCCOCCOc1ccc2c(c1)C(=Nc1cc(OC)ccn1)[N-]C2=Nc1cc(OC)ccn1.[Mn+2]. The molecule has 0 bridgehead atoms. The van der Waals surface area contributed by atoms with E-state index in [1.165, 1.54) is 0 Å². The topological polar surface area (TPSA) is 242 Å². The molecular formula is C51H56MnN10O11. The fourth-order valence-corrected chi connectivity index (χ4v) is 6.48. The van der Waals surface area contributed by atoms with Crippen molar-refractivity contribution in [2.75, 3.05) is 103 Å².